The summed E-state index contributed by atoms with van der Waals surface area (Å²) < 4.78 is 32.3. The van der Waals surface area contributed by atoms with Crippen LogP contribution in [0.2, 0.25) is 0 Å². The Hall–Kier alpha value is -1.11. The third-order valence-corrected chi connectivity index (χ3v) is 4.82. The molecule has 0 amide bonds. The van der Waals surface area contributed by atoms with E-state index in [-0.39, 0.29) is 10.6 Å². The van der Waals surface area contributed by atoms with Crippen molar-refractivity contribution in [2.45, 2.75) is 30.2 Å². The van der Waals surface area contributed by atoms with E-state index < -0.39 is 15.6 Å². The predicted molar refractivity (Wildman–Crippen MR) is 66.9 cm³/mol. The Morgan fingerprint density at radius 2 is 1.89 bits per heavy atom. The molecular weight excluding hydrogens is 254 g/mol. The molecule has 2 N–H and O–H groups in total. The number of benzene rings is 1. The lowest BCUT2D eigenvalue weighted by Crippen LogP contribution is -2.49. The van der Waals surface area contributed by atoms with E-state index in [9.17, 15) is 13.5 Å². The average Bonchev–Trinajstić information content (AvgIpc) is 2.28. The second kappa shape index (κ2) is 4.87. The van der Waals surface area contributed by atoms with Crippen LogP contribution in [0.15, 0.2) is 29.2 Å². The van der Waals surface area contributed by atoms with Gasteiger partial charge < -0.3 is 9.84 Å². The van der Waals surface area contributed by atoms with Crippen LogP contribution in [0.3, 0.4) is 0 Å². The third kappa shape index (κ3) is 2.82. The predicted octanol–water partition coefficient (Wildman–Crippen LogP) is 1.24. The Morgan fingerprint density at radius 1 is 1.28 bits per heavy atom. The second-order valence-electron chi connectivity index (χ2n) is 4.75. The van der Waals surface area contributed by atoms with E-state index in [1.165, 1.54) is 12.1 Å². The number of para-hydroxylation sites is 1. The van der Waals surface area contributed by atoms with Crippen LogP contribution < -0.4 is 4.72 Å². The maximum absolute atomic E-state index is 12.2. The summed E-state index contributed by atoms with van der Waals surface area (Å²) in [6.07, 6.45) is 1.25. The van der Waals surface area contributed by atoms with Gasteiger partial charge in [-0.05, 0) is 31.9 Å². The number of hydrogen-bond donors (Lipinski definition) is 2. The summed E-state index contributed by atoms with van der Waals surface area (Å²) in [6.45, 7) is 2.94. The number of aromatic hydroxyl groups is 1. The number of rotatable bonds is 3. The van der Waals surface area contributed by atoms with Gasteiger partial charge in [0.25, 0.3) is 0 Å². The minimum Gasteiger partial charge on any atom is -0.507 e. The number of phenols is 1. The van der Waals surface area contributed by atoms with Crippen molar-refractivity contribution in [3.63, 3.8) is 0 Å². The van der Waals surface area contributed by atoms with Gasteiger partial charge in [0.1, 0.15) is 10.6 Å². The zero-order chi connectivity index (χ0) is 13.2. The zero-order valence-electron chi connectivity index (χ0n) is 10.2. The summed E-state index contributed by atoms with van der Waals surface area (Å²) in [5.41, 5.74) is -0.515. The van der Waals surface area contributed by atoms with Crippen molar-refractivity contribution < 1.29 is 18.3 Å². The Kier molecular flexibility index (Phi) is 3.61. The summed E-state index contributed by atoms with van der Waals surface area (Å²) in [5.74, 6) is -0.236. The van der Waals surface area contributed by atoms with E-state index in [4.69, 9.17) is 4.74 Å². The molecule has 1 fully saturated rings. The van der Waals surface area contributed by atoms with Crippen LogP contribution in [0, 0.1) is 0 Å². The first-order valence-electron chi connectivity index (χ1n) is 5.83. The molecule has 1 saturated heterocycles. The molecule has 0 unspecified atom stereocenters. The first-order chi connectivity index (χ1) is 8.43. The number of hydrogen-bond acceptors (Lipinski definition) is 4. The highest BCUT2D eigenvalue weighted by molar-refractivity contribution is 7.89. The first-order valence-corrected chi connectivity index (χ1v) is 7.31. The van der Waals surface area contributed by atoms with E-state index in [1.54, 1.807) is 12.1 Å². The van der Waals surface area contributed by atoms with Crippen LogP contribution in [0.4, 0.5) is 0 Å². The van der Waals surface area contributed by atoms with Crippen molar-refractivity contribution in [2.75, 3.05) is 13.2 Å². The maximum Gasteiger partial charge on any atom is 0.244 e. The van der Waals surface area contributed by atoms with Crippen molar-refractivity contribution in [3.05, 3.63) is 24.3 Å². The fourth-order valence-corrected chi connectivity index (χ4v) is 3.55. The summed E-state index contributed by atoms with van der Waals surface area (Å²) in [6, 6.07) is 5.92. The fourth-order valence-electron chi connectivity index (χ4n) is 1.99. The topological polar surface area (TPSA) is 75.6 Å². The first kappa shape index (κ1) is 13.3. The van der Waals surface area contributed by atoms with Crippen LogP contribution >= 0.6 is 0 Å². The Balaban J connectivity index is 2.25. The smallest absolute Gasteiger partial charge is 0.244 e. The highest BCUT2D eigenvalue weighted by atomic mass is 32.2. The highest BCUT2D eigenvalue weighted by Gasteiger charge is 2.33. The minimum absolute atomic E-state index is 0.0854. The summed E-state index contributed by atoms with van der Waals surface area (Å²) >= 11 is 0. The minimum atomic E-state index is -3.70. The molecule has 0 aliphatic carbocycles. The highest BCUT2D eigenvalue weighted by Crippen LogP contribution is 2.26. The molecule has 0 bridgehead atoms. The Bertz CT molecular complexity index is 521. The van der Waals surface area contributed by atoms with Crippen LogP contribution in [0.25, 0.3) is 0 Å². The Labute approximate surface area is 107 Å². The largest absolute Gasteiger partial charge is 0.507 e. The van der Waals surface area contributed by atoms with Crippen molar-refractivity contribution in [2.24, 2.45) is 0 Å². The molecule has 5 nitrogen and oxygen atoms in total. The number of phenolic OH excluding ortho intramolecular Hbond substituents is 1. The number of sulfonamides is 1. The summed E-state index contributed by atoms with van der Waals surface area (Å²) in [5, 5.41) is 9.62. The molecule has 1 aromatic rings. The molecule has 0 spiro atoms. The SMILES string of the molecule is CC1(NS(=O)(=O)c2ccccc2O)CCOCC1. The Morgan fingerprint density at radius 3 is 2.50 bits per heavy atom. The van der Waals surface area contributed by atoms with Gasteiger partial charge in [-0.3, -0.25) is 0 Å². The van der Waals surface area contributed by atoms with Gasteiger partial charge in [0, 0.05) is 18.8 Å². The summed E-state index contributed by atoms with van der Waals surface area (Å²) in [4.78, 5) is -0.0854. The van der Waals surface area contributed by atoms with E-state index >= 15 is 0 Å². The molecule has 18 heavy (non-hydrogen) atoms. The standard InChI is InChI=1S/C12H17NO4S/c1-12(6-8-17-9-7-12)13-18(15,16)11-5-3-2-4-10(11)14/h2-5,13-14H,6-9H2,1H3. The summed E-state index contributed by atoms with van der Waals surface area (Å²) in [7, 11) is -3.70. The average molecular weight is 271 g/mol. The molecule has 100 valence electrons. The van der Waals surface area contributed by atoms with Gasteiger partial charge in [0.15, 0.2) is 0 Å². The van der Waals surface area contributed by atoms with Crippen molar-refractivity contribution in [3.8, 4) is 5.75 Å². The molecule has 1 heterocycles. The lowest BCUT2D eigenvalue weighted by atomic mass is 9.94. The molecule has 0 aromatic heterocycles. The normalized spacial score (nSPS) is 19.6. The van der Waals surface area contributed by atoms with Crippen LogP contribution in [0.5, 0.6) is 5.75 Å². The molecule has 2 rings (SSSR count). The zero-order valence-corrected chi connectivity index (χ0v) is 11.0. The van der Waals surface area contributed by atoms with E-state index in [0.717, 1.165) is 0 Å². The molecule has 1 aliphatic rings. The monoisotopic (exact) mass is 271 g/mol. The van der Waals surface area contributed by atoms with Gasteiger partial charge in [0.2, 0.25) is 10.0 Å². The van der Waals surface area contributed by atoms with Gasteiger partial charge in [-0.1, -0.05) is 12.1 Å². The lowest BCUT2D eigenvalue weighted by Gasteiger charge is -2.34. The molecule has 0 radical (unpaired) electrons. The van der Waals surface area contributed by atoms with Crippen molar-refractivity contribution >= 4 is 10.0 Å². The second-order valence-corrected chi connectivity index (χ2v) is 6.40. The van der Waals surface area contributed by atoms with Crippen LogP contribution in [-0.2, 0) is 14.8 Å². The number of ether oxygens (including phenoxy) is 1. The van der Waals surface area contributed by atoms with Gasteiger partial charge in [-0.15, -0.1) is 0 Å². The van der Waals surface area contributed by atoms with Gasteiger partial charge in [-0.2, -0.15) is 0 Å². The number of nitrogens with one attached hydrogen (secondary N) is 1. The molecule has 1 aromatic carbocycles. The van der Waals surface area contributed by atoms with Crippen molar-refractivity contribution in [1.29, 1.82) is 0 Å². The molecule has 0 saturated carbocycles. The van der Waals surface area contributed by atoms with Crippen LogP contribution in [0.1, 0.15) is 19.8 Å². The third-order valence-electron chi connectivity index (χ3n) is 3.13. The maximum atomic E-state index is 12.2. The quantitative estimate of drug-likeness (QED) is 0.867. The lowest BCUT2D eigenvalue weighted by molar-refractivity contribution is 0.0537. The molecule has 1 aliphatic heterocycles. The van der Waals surface area contributed by atoms with E-state index in [0.29, 0.717) is 26.1 Å². The molecule has 0 atom stereocenters. The van der Waals surface area contributed by atoms with Gasteiger partial charge in [0.05, 0.1) is 0 Å². The van der Waals surface area contributed by atoms with Gasteiger partial charge >= 0.3 is 0 Å². The molecular formula is C12H17NO4S. The fraction of sp³-hybridized carbons (Fsp3) is 0.500. The van der Waals surface area contributed by atoms with E-state index in [1.807, 2.05) is 6.92 Å². The van der Waals surface area contributed by atoms with Crippen LogP contribution in [-0.4, -0.2) is 32.3 Å². The van der Waals surface area contributed by atoms with E-state index in [2.05, 4.69) is 4.72 Å². The molecule has 6 heteroatoms. The van der Waals surface area contributed by atoms with Crippen molar-refractivity contribution in [1.82, 2.24) is 4.72 Å². The van der Waals surface area contributed by atoms with Gasteiger partial charge in [-0.25, -0.2) is 13.1 Å².